The van der Waals surface area contributed by atoms with E-state index >= 15 is 0 Å². The Morgan fingerprint density at radius 1 is 1.43 bits per heavy atom. The van der Waals surface area contributed by atoms with Crippen LogP contribution in [0.2, 0.25) is 0 Å². The summed E-state index contributed by atoms with van der Waals surface area (Å²) in [5, 5.41) is 13.5. The van der Waals surface area contributed by atoms with E-state index in [2.05, 4.69) is 26.0 Å². The van der Waals surface area contributed by atoms with Crippen LogP contribution in [0, 0.1) is 0 Å². The fourth-order valence-electron chi connectivity index (χ4n) is 2.69. The van der Waals surface area contributed by atoms with Crippen molar-refractivity contribution in [2.45, 2.75) is 44.6 Å². The zero-order valence-electron chi connectivity index (χ0n) is 12.1. The zero-order chi connectivity index (χ0) is 14.7. The van der Waals surface area contributed by atoms with Gasteiger partial charge in [0.1, 0.15) is 5.01 Å². The van der Waals surface area contributed by atoms with Gasteiger partial charge in [-0.3, -0.25) is 9.48 Å². The number of amides is 1. The predicted octanol–water partition coefficient (Wildman–Crippen LogP) is 2.25. The van der Waals surface area contributed by atoms with Crippen molar-refractivity contribution in [1.29, 1.82) is 0 Å². The lowest BCUT2D eigenvalue weighted by atomic mass is 9.87. The molecule has 1 aliphatic rings. The van der Waals surface area contributed by atoms with E-state index in [1.807, 2.05) is 0 Å². The second-order valence-corrected chi connectivity index (χ2v) is 6.40. The number of aryl methyl sites for hydroxylation is 1. The second kappa shape index (κ2) is 6.34. The molecule has 7 heteroatoms. The number of hydrogen-bond acceptors (Lipinski definition) is 5. The highest BCUT2D eigenvalue weighted by Gasteiger charge is 2.18. The summed E-state index contributed by atoms with van der Waals surface area (Å²) in [4.78, 5) is 16.6. The fraction of sp³-hybridized carbons (Fsp3) is 0.571. The van der Waals surface area contributed by atoms with Crippen LogP contribution in [0.4, 0.5) is 0 Å². The number of hydrogen-bond donors (Lipinski definition) is 1. The molecular weight excluding hydrogens is 286 g/mol. The maximum atomic E-state index is 11.9. The van der Waals surface area contributed by atoms with E-state index in [0.717, 1.165) is 5.01 Å². The van der Waals surface area contributed by atoms with E-state index in [-0.39, 0.29) is 5.91 Å². The molecule has 0 aromatic carbocycles. The van der Waals surface area contributed by atoms with Gasteiger partial charge in [-0.05, 0) is 12.8 Å². The van der Waals surface area contributed by atoms with Gasteiger partial charge < -0.3 is 5.32 Å². The molecule has 0 bridgehead atoms. The third-order valence-electron chi connectivity index (χ3n) is 3.83. The average molecular weight is 305 g/mol. The van der Waals surface area contributed by atoms with Gasteiger partial charge in [-0.25, -0.2) is 4.98 Å². The largest absolute Gasteiger partial charge is 0.344 e. The van der Waals surface area contributed by atoms with Gasteiger partial charge in [0.25, 0.3) is 5.91 Å². The molecule has 21 heavy (non-hydrogen) atoms. The quantitative estimate of drug-likeness (QED) is 0.940. The molecule has 0 radical (unpaired) electrons. The molecule has 1 amide bonds. The summed E-state index contributed by atoms with van der Waals surface area (Å²) in [5.74, 6) is 0.400. The summed E-state index contributed by atoms with van der Waals surface area (Å²) in [7, 11) is 1.74. The van der Waals surface area contributed by atoms with Crippen LogP contribution >= 0.6 is 11.3 Å². The molecule has 0 saturated heterocycles. The van der Waals surface area contributed by atoms with Crippen molar-refractivity contribution in [3.63, 3.8) is 0 Å². The van der Waals surface area contributed by atoms with Crippen molar-refractivity contribution in [2.75, 3.05) is 0 Å². The van der Waals surface area contributed by atoms with E-state index in [1.165, 1.54) is 42.5 Å². The molecule has 2 aromatic heterocycles. The molecule has 112 valence electrons. The number of carbonyl (C=O) groups is 1. The number of aromatic nitrogens is 4. The van der Waals surface area contributed by atoms with Crippen molar-refractivity contribution in [3.8, 4) is 0 Å². The van der Waals surface area contributed by atoms with Crippen LogP contribution in [0.25, 0.3) is 0 Å². The Kier molecular flexibility index (Phi) is 4.28. The van der Waals surface area contributed by atoms with Crippen molar-refractivity contribution < 1.29 is 4.79 Å². The Morgan fingerprint density at radius 3 is 2.95 bits per heavy atom. The van der Waals surface area contributed by atoms with E-state index in [4.69, 9.17) is 0 Å². The van der Waals surface area contributed by atoms with E-state index in [0.29, 0.717) is 18.2 Å². The average Bonchev–Trinajstić information content (AvgIpc) is 3.15. The molecule has 0 aliphatic heterocycles. The van der Waals surface area contributed by atoms with Crippen LogP contribution < -0.4 is 5.32 Å². The molecule has 0 unspecified atom stereocenters. The third-order valence-corrected chi connectivity index (χ3v) is 4.70. The monoisotopic (exact) mass is 305 g/mol. The highest BCUT2D eigenvalue weighted by Crippen LogP contribution is 2.32. The number of nitrogens with one attached hydrogen (secondary N) is 1. The first-order valence-corrected chi connectivity index (χ1v) is 8.19. The van der Waals surface area contributed by atoms with Crippen LogP contribution in [0.3, 0.4) is 0 Å². The first kappa shape index (κ1) is 14.2. The lowest BCUT2D eigenvalue weighted by Gasteiger charge is -2.19. The summed E-state index contributed by atoms with van der Waals surface area (Å²) >= 11 is 1.62. The van der Waals surface area contributed by atoms with Gasteiger partial charge in [-0.2, -0.15) is 0 Å². The molecular formula is C14H19N5OS. The van der Waals surface area contributed by atoms with Crippen molar-refractivity contribution in [1.82, 2.24) is 25.3 Å². The lowest BCUT2D eigenvalue weighted by molar-refractivity contribution is 0.0945. The maximum absolute atomic E-state index is 11.9. The standard InChI is InChI=1S/C14H19N5OS/c1-19-8-11(17-18-19)14(20)15-7-13-16-12(9-21-13)10-5-3-2-4-6-10/h8-10H,2-7H2,1H3,(H,15,20). The Hall–Kier alpha value is -1.76. The molecule has 2 aromatic rings. The number of nitrogens with zero attached hydrogens (tertiary/aromatic N) is 4. The van der Waals surface area contributed by atoms with Crippen LogP contribution in [0.1, 0.15) is 59.2 Å². The second-order valence-electron chi connectivity index (χ2n) is 5.46. The van der Waals surface area contributed by atoms with Crippen molar-refractivity contribution in [2.24, 2.45) is 7.05 Å². The first-order valence-electron chi connectivity index (χ1n) is 7.31. The minimum Gasteiger partial charge on any atom is -0.344 e. The minimum atomic E-state index is -0.211. The van der Waals surface area contributed by atoms with Gasteiger partial charge in [0, 0.05) is 18.3 Å². The Balaban J connectivity index is 1.56. The molecule has 2 heterocycles. The van der Waals surface area contributed by atoms with E-state index < -0.39 is 0 Å². The van der Waals surface area contributed by atoms with Crippen molar-refractivity contribution in [3.05, 3.63) is 28.0 Å². The van der Waals surface area contributed by atoms with Crippen molar-refractivity contribution >= 4 is 17.2 Å². The first-order chi connectivity index (χ1) is 10.2. The fourth-order valence-corrected chi connectivity index (χ4v) is 3.51. The molecule has 1 aliphatic carbocycles. The van der Waals surface area contributed by atoms with Crippen LogP contribution in [-0.2, 0) is 13.6 Å². The normalized spacial score (nSPS) is 16.0. The molecule has 6 nitrogen and oxygen atoms in total. The SMILES string of the molecule is Cn1cc(C(=O)NCc2nc(C3CCCCC3)cs2)nn1. The number of thiazole rings is 1. The van der Waals surface area contributed by atoms with Gasteiger partial charge in [0.15, 0.2) is 5.69 Å². The molecule has 1 N–H and O–H groups in total. The summed E-state index contributed by atoms with van der Waals surface area (Å²) < 4.78 is 1.51. The van der Waals surface area contributed by atoms with Gasteiger partial charge in [0.05, 0.1) is 18.4 Å². The number of carbonyl (C=O) groups excluding carboxylic acids is 1. The highest BCUT2D eigenvalue weighted by molar-refractivity contribution is 7.09. The molecule has 0 atom stereocenters. The number of rotatable bonds is 4. The van der Waals surface area contributed by atoms with E-state index in [9.17, 15) is 4.79 Å². The summed E-state index contributed by atoms with van der Waals surface area (Å²) in [5.41, 5.74) is 1.53. The Bertz CT molecular complexity index is 614. The van der Waals surface area contributed by atoms with Gasteiger partial charge in [-0.15, -0.1) is 16.4 Å². The minimum absolute atomic E-state index is 0.211. The molecule has 1 saturated carbocycles. The topological polar surface area (TPSA) is 72.7 Å². The van der Waals surface area contributed by atoms with Gasteiger partial charge >= 0.3 is 0 Å². The molecule has 0 spiro atoms. The molecule has 1 fully saturated rings. The zero-order valence-corrected chi connectivity index (χ0v) is 12.9. The smallest absolute Gasteiger partial charge is 0.273 e. The Labute approximate surface area is 127 Å². The molecule has 3 rings (SSSR count). The summed E-state index contributed by atoms with van der Waals surface area (Å²) in [6.45, 7) is 0.451. The third kappa shape index (κ3) is 3.47. The lowest BCUT2D eigenvalue weighted by Crippen LogP contribution is -2.23. The van der Waals surface area contributed by atoms with Gasteiger partial charge in [-0.1, -0.05) is 24.5 Å². The summed E-state index contributed by atoms with van der Waals surface area (Å²) in [6, 6.07) is 0. The summed E-state index contributed by atoms with van der Waals surface area (Å²) in [6.07, 6.45) is 8.05. The van der Waals surface area contributed by atoms with Crippen LogP contribution in [0.5, 0.6) is 0 Å². The Morgan fingerprint density at radius 2 is 2.24 bits per heavy atom. The van der Waals surface area contributed by atoms with Gasteiger partial charge in [0.2, 0.25) is 0 Å². The van der Waals surface area contributed by atoms with Crippen LogP contribution in [-0.4, -0.2) is 25.9 Å². The van der Waals surface area contributed by atoms with E-state index in [1.54, 1.807) is 24.6 Å². The highest BCUT2D eigenvalue weighted by atomic mass is 32.1. The van der Waals surface area contributed by atoms with Crippen LogP contribution in [0.15, 0.2) is 11.6 Å². The maximum Gasteiger partial charge on any atom is 0.273 e. The predicted molar refractivity (Wildman–Crippen MR) is 80.1 cm³/mol.